The molecule has 3 aromatic carbocycles. The molecule has 9 nitrogen and oxygen atoms in total. The molecule has 0 spiro atoms. The second-order valence-corrected chi connectivity index (χ2v) is 18.0. The van der Waals surface area contributed by atoms with Crippen molar-refractivity contribution in [3.05, 3.63) is 95.2 Å². The van der Waals surface area contributed by atoms with Gasteiger partial charge in [-0.25, -0.2) is 22.0 Å². The number of likely N-dealkylation sites (tertiary alicyclic amines) is 1. The minimum Gasteiger partial charge on any atom is -0.444 e. The maximum Gasteiger partial charge on any atom is 0.416 e. The lowest BCUT2D eigenvalue weighted by atomic mass is 9.64. The Hall–Kier alpha value is -4.52. The van der Waals surface area contributed by atoms with E-state index in [0.717, 1.165) is 17.7 Å². The average molecular weight is 754 g/mol. The second-order valence-electron chi connectivity index (χ2n) is 16.2. The fourth-order valence-corrected chi connectivity index (χ4v) is 8.98. The molecule has 3 heterocycles. The highest BCUT2D eigenvalue weighted by atomic mass is 32.2. The number of alkyl halides is 3. The van der Waals surface area contributed by atoms with Crippen LogP contribution in [-0.2, 0) is 37.5 Å². The highest BCUT2D eigenvalue weighted by Crippen LogP contribution is 2.53. The molecule has 0 bridgehead atoms. The summed E-state index contributed by atoms with van der Waals surface area (Å²) in [6, 6.07) is 17.0. The van der Waals surface area contributed by atoms with E-state index in [2.05, 4.69) is 0 Å². The van der Waals surface area contributed by atoms with Gasteiger partial charge in [0.1, 0.15) is 11.2 Å². The molecule has 0 saturated carbocycles. The zero-order valence-corrected chi connectivity index (χ0v) is 31.9. The Morgan fingerprint density at radius 3 is 2.06 bits per heavy atom. The van der Waals surface area contributed by atoms with Gasteiger partial charge in [0.25, 0.3) is 10.0 Å². The number of aromatic nitrogens is 1. The number of nitrogens with zero attached hydrogens (tertiary/aromatic N) is 3. The molecule has 4 aromatic rings. The standard InChI is InChI=1S/C40H46F3N3O6S/c1-26-12-15-30(16-13-26)53(49,50)46-24-27(31-10-8-9-11-33(31)46)23-39(28-18-20-44(21-19-28)35(47)51-37(2,3)4)25-45(36(48)52-38(5,6)7)34-17-14-29(22-32(34)39)40(41,42)43/h8-17,22,24,28H,18-21,23,25H2,1-7H3/t39-/m0/s1. The van der Waals surface area contributed by atoms with Crippen LogP contribution < -0.4 is 4.90 Å². The predicted octanol–water partition coefficient (Wildman–Crippen LogP) is 9.09. The monoisotopic (exact) mass is 753 g/mol. The maximum absolute atomic E-state index is 14.4. The summed E-state index contributed by atoms with van der Waals surface area (Å²) in [6.07, 6.45) is -3.38. The van der Waals surface area contributed by atoms with Crippen molar-refractivity contribution >= 4 is 38.8 Å². The topological polar surface area (TPSA) is 98.1 Å². The molecule has 2 amide bonds. The van der Waals surface area contributed by atoms with Gasteiger partial charge in [0.05, 0.1) is 21.7 Å². The number of hydrogen-bond donors (Lipinski definition) is 0. The predicted molar refractivity (Wildman–Crippen MR) is 197 cm³/mol. The van der Waals surface area contributed by atoms with Crippen LogP contribution in [0.15, 0.2) is 77.8 Å². The SMILES string of the molecule is Cc1ccc(S(=O)(=O)n2cc(C[C@@]3(C4CCN(C(=O)OC(C)(C)C)CC4)CN(C(=O)OC(C)(C)C)c4ccc(C(F)(F)F)cc43)c3ccccc32)cc1. The fourth-order valence-electron chi connectivity index (χ4n) is 7.59. The summed E-state index contributed by atoms with van der Waals surface area (Å²) in [6.45, 7) is 12.9. The molecule has 1 saturated heterocycles. The first kappa shape index (κ1) is 38.2. The third-order valence-corrected chi connectivity index (χ3v) is 11.7. The number of aryl methyl sites for hydroxylation is 1. The average Bonchev–Trinajstić information content (AvgIpc) is 3.60. The molecule has 1 atom stereocenters. The number of piperidine rings is 1. The molecule has 6 rings (SSSR count). The quantitative estimate of drug-likeness (QED) is 0.202. The molecule has 1 fully saturated rings. The van der Waals surface area contributed by atoms with E-state index in [1.54, 1.807) is 101 Å². The molecule has 2 aliphatic rings. The second kappa shape index (κ2) is 13.4. The third-order valence-electron chi connectivity index (χ3n) is 9.98. The number of amides is 2. The summed E-state index contributed by atoms with van der Waals surface area (Å²) in [5.74, 6) is -0.327. The minimum atomic E-state index is -4.67. The molecule has 0 aliphatic carbocycles. The number of fused-ring (bicyclic) bond motifs is 2. The molecular formula is C40H46F3N3O6S. The molecule has 284 valence electrons. The summed E-state index contributed by atoms with van der Waals surface area (Å²) >= 11 is 0. The number of hydrogen-bond acceptors (Lipinski definition) is 6. The number of anilines is 1. The number of carbonyl (C=O) groups is 2. The van der Waals surface area contributed by atoms with Gasteiger partial charge in [-0.1, -0.05) is 35.9 Å². The smallest absolute Gasteiger partial charge is 0.416 e. The Labute approximate surface area is 308 Å². The molecule has 2 aliphatic heterocycles. The maximum atomic E-state index is 14.4. The van der Waals surface area contributed by atoms with Gasteiger partial charge in [-0.15, -0.1) is 0 Å². The van der Waals surface area contributed by atoms with Crippen LogP contribution in [0.3, 0.4) is 0 Å². The van der Waals surface area contributed by atoms with E-state index < -0.39 is 50.6 Å². The van der Waals surface area contributed by atoms with Crippen LogP contribution in [0.5, 0.6) is 0 Å². The molecule has 0 N–H and O–H groups in total. The lowest BCUT2D eigenvalue weighted by Crippen LogP contribution is -2.50. The first-order valence-electron chi connectivity index (χ1n) is 17.7. The van der Waals surface area contributed by atoms with E-state index in [4.69, 9.17) is 9.47 Å². The van der Waals surface area contributed by atoms with Crippen molar-refractivity contribution in [1.29, 1.82) is 0 Å². The fraction of sp³-hybridized carbons (Fsp3) is 0.450. The van der Waals surface area contributed by atoms with Crippen molar-refractivity contribution < 1.29 is 40.7 Å². The van der Waals surface area contributed by atoms with Crippen LogP contribution in [0.2, 0.25) is 0 Å². The van der Waals surface area contributed by atoms with Crippen LogP contribution in [-0.4, -0.2) is 60.3 Å². The van der Waals surface area contributed by atoms with Crippen LogP contribution in [0.4, 0.5) is 28.4 Å². The lowest BCUT2D eigenvalue weighted by Gasteiger charge is -2.43. The van der Waals surface area contributed by atoms with E-state index in [1.165, 1.54) is 14.9 Å². The van der Waals surface area contributed by atoms with Gasteiger partial charge in [-0.2, -0.15) is 13.2 Å². The highest BCUT2D eigenvalue weighted by Gasteiger charge is 2.52. The van der Waals surface area contributed by atoms with E-state index >= 15 is 0 Å². The van der Waals surface area contributed by atoms with Crippen molar-refractivity contribution in [2.75, 3.05) is 24.5 Å². The Bertz CT molecular complexity index is 2140. The number of para-hydroxylation sites is 1. The Morgan fingerprint density at radius 1 is 0.849 bits per heavy atom. The number of rotatable bonds is 5. The molecular weight excluding hydrogens is 708 g/mol. The van der Waals surface area contributed by atoms with Crippen LogP contribution in [0.25, 0.3) is 10.9 Å². The van der Waals surface area contributed by atoms with Gasteiger partial charge in [0.2, 0.25) is 0 Å². The van der Waals surface area contributed by atoms with Gasteiger partial charge < -0.3 is 14.4 Å². The normalized spacial score (nSPS) is 18.7. The Morgan fingerprint density at radius 2 is 1.45 bits per heavy atom. The van der Waals surface area contributed by atoms with Crippen molar-refractivity contribution in [3.8, 4) is 0 Å². The Kier molecular flexibility index (Phi) is 9.66. The van der Waals surface area contributed by atoms with Crippen LogP contribution in [0, 0.1) is 12.8 Å². The first-order chi connectivity index (χ1) is 24.6. The minimum absolute atomic E-state index is 0.0140. The van der Waals surface area contributed by atoms with Gasteiger partial charge >= 0.3 is 18.4 Å². The number of halogens is 3. The zero-order valence-electron chi connectivity index (χ0n) is 31.1. The zero-order chi connectivity index (χ0) is 38.7. The summed E-state index contributed by atoms with van der Waals surface area (Å²) in [5, 5.41) is 0.623. The van der Waals surface area contributed by atoms with Crippen molar-refractivity contribution in [2.24, 2.45) is 5.92 Å². The summed E-state index contributed by atoms with van der Waals surface area (Å²) in [4.78, 5) is 30.0. The number of carbonyl (C=O) groups excluding carboxylic acids is 2. The van der Waals surface area contributed by atoms with Gasteiger partial charge in [0, 0.05) is 36.6 Å². The lowest BCUT2D eigenvalue weighted by molar-refractivity contribution is -0.137. The molecule has 1 aromatic heterocycles. The summed E-state index contributed by atoms with van der Waals surface area (Å²) in [5.41, 5.74) is -1.04. The van der Waals surface area contributed by atoms with E-state index in [0.29, 0.717) is 40.6 Å². The van der Waals surface area contributed by atoms with Crippen LogP contribution in [0.1, 0.15) is 76.6 Å². The number of benzene rings is 3. The Balaban J connectivity index is 1.52. The largest absolute Gasteiger partial charge is 0.444 e. The molecule has 53 heavy (non-hydrogen) atoms. The van der Waals surface area contributed by atoms with Gasteiger partial charge in [-0.3, -0.25) is 4.90 Å². The first-order valence-corrected chi connectivity index (χ1v) is 19.1. The summed E-state index contributed by atoms with van der Waals surface area (Å²) < 4.78 is 84.2. The van der Waals surface area contributed by atoms with E-state index in [9.17, 15) is 31.2 Å². The van der Waals surface area contributed by atoms with Gasteiger partial charge in [-0.05, 0) is 121 Å². The summed E-state index contributed by atoms with van der Waals surface area (Å²) in [7, 11) is -4.08. The van der Waals surface area contributed by atoms with Gasteiger partial charge in [0.15, 0.2) is 0 Å². The van der Waals surface area contributed by atoms with Crippen molar-refractivity contribution in [1.82, 2.24) is 8.87 Å². The van der Waals surface area contributed by atoms with Crippen molar-refractivity contribution in [3.63, 3.8) is 0 Å². The molecule has 0 unspecified atom stereocenters. The third kappa shape index (κ3) is 7.63. The van der Waals surface area contributed by atoms with Crippen molar-refractivity contribution in [2.45, 2.75) is 95.4 Å². The highest BCUT2D eigenvalue weighted by molar-refractivity contribution is 7.90. The van der Waals surface area contributed by atoms with E-state index in [1.807, 2.05) is 6.92 Å². The molecule has 13 heteroatoms. The molecule has 0 radical (unpaired) electrons. The van der Waals surface area contributed by atoms with Crippen LogP contribution >= 0.6 is 0 Å². The number of ether oxygens (including phenoxy) is 2. The van der Waals surface area contributed by atoms with E-state index in [-0.39, 0.29) is 36.9 Å².